The van der Waals surface area contributed by atoms with Gasteiger partial charge in [-0.1, -0.05) is 41.7 Å². The number of nitrogens with zero attached hydrogens (tertiary/aromatic N) is 2. The van der Waals surface area contributed by atoms with Crippen LogP contribution >= 0.6 is 11.3 Å². The molecule has 1 fully saturated rings. The van der Waals surface area contributed by atoms with Crippen molar-refractivity contribution < 1.29 is 9.53 Å². The highest BCUT2D eigenvalue weighted by molar-refractivity contribution is 7.15. The van der Waals surface area contributed by atoms with Crippen molar-refractivity contribution in [2.24, 2.45) is 0 Å². The summed E-state index contributed by atoms with van der Waals surface area (Å²) in [5, 5.41) is 12.7. The van der Waals surface area contributed by atoms with Crippen molar-refractivity contribution in [3.05, 3.63) is 40.9 Å². The number of nitrogens with one attached hydrogen (secondary N) is 1. The predicted octanol–water partition coefficient (Wildman–Crippen LogP) is 2.98. The van der Waals surface area contributed by atoms with Crippen LogP contribution in [0, 0.1) is 0 Å². The molecule has 1 atom stereocenters. The SMILES string of the molecule is CCO[C@H](C)C(=O)Nc1nnc(C2(c3ccccc3)CC2)s1. The smallest absolute Gasteiger partial charge is 0.255 e. The van der Waals surface area contributed by atoms with Crippen LogP contribution < -0.4 is 5.32 Å². The lowest BCUT2D eigenvalue weighted by molar-refractivity contribution is -0.126. The second-order valence-electron chi connectivity index (χ2n) is 5.45. The second-order valence-corrected chi connectivity index (χ2v) is 6.42. The molecule has 1 amide bonds. The van der Waals surface area contributed by atoms with E-state index in [1.54, 1.807) is 6.92 Å². The van der Waals surface area contributed by atoms with E-state index in [1.165, 1.54) is 16.9 Å². The van der Waals surface area contributed by atoms with Crippen molar-refractivity contribution in [3.63, 3.8) is 0 Å². The normalized spacial score (nSPS) is 17.0. The van der Waals surface area contributed by atoms with E-state index in [1.807, 2.05) is 25.1 Å². The number of aromatic nitrogens is 2. The Balaban J connectivity index is 1.73. The van der Waals surface area contributed by atoms with Crippen LogP contribution in [0.4, 0.5) is 5.13 Å². The maximum absolute atomic E-state index is 11.9. The molecule has 22 heavy (non-hydrogen) atoms. The number of hydrogen-bond donors (Lipinski definition) is 1. The van der Waals surface area contributed by atoms with Gasteiger partial charge in [-0.05, 0) is 32.3 Å². The van der Waals surface area contributed by atoms with Gasteiger partial charge in [0.15, 0.2) is 0 Å². The van der Waals surface area contributed by atoms with Crippen LogP contribution in [0.15, 0.2) is 30.3 Å². The first-order valence-corrected chi connectivity index (χ1v) is 8.29. The van der Waals surface area contributed by atoms with E-state index in [-0.39, 0.29) is 11.3 Å². The van der Waals surface area contributed by atoms with Gasteiger partial charge in [0.25, 0.3) is 5.91 Å². The molecule has 1 saturated carbocycles. The van der Waals surface area contributed by atoms with Gasteiger partial charge >= 0.3 is 0 Å². The molecule has 6 heteroatoms. The fourth-order valence-corrected chi connectivity index (χ4v) is 3.52. The maximum atomic E-state index is 11.9. The molecule has 1 aliphatic carbocycles. The summed E-state index contributed by atoms with van der Waals surface area (Å²) in [5.41, 5.74) is 1.26. The lowest BCUT2D eigenvalue weighted by atomic mass is 9.97. The lowest BCUT2D eigenvalue weighted by Crippen LogP contribution is -2.27. The predicted molar refractivity (Wildman–Crippen MR) is 86.1 cm³/mol. The molecule has 0 saturated heterocycles. The Morgan fingerprint density at radius 1 is 1.36 bits per heavy atom. The number of hydrogen-bond acceptors (Lipinski definition) is 5. The molecule has 1 aromatic carbocycles. The number of ether oxygens (including phenoxy) is 1. The molecule has 116 valence electrons. The summed E-state index contributed by atoms with van der Waals surface area (Å²) in [4.78, 5) is 11.9. The first-order valence-electron chi connectivity index (χ1n) is 7.47. The summed E-state index contributed by atoms with van der Waals surface area (Å²) in [7, 11) is 0. The molecule has 0 spiro atoms. The molecule has 1 heterocycles. The zero-order valence-electron chi connectivity index (χ0n) is 12.7. The Morgan fingerprint density at radius 3 is 2.73 bits per heavy atom. The van der Waals surface area contributed by atoms with Gasteiger partial charge in [-0.15, -0.1) is 10.2 Å². The van der Waals surface area contributed by atoms with Gasteiger partial charge in [0.05, 0.1) is 0 Å². The number of amides is 1. The highest BCUT2D eigenvalue weighted by Crippen LogP contribution is 2.54. The molecule has 0 unspecified atom stereocenters. The molecular formula is C16H19N3O2S. The van der Waals surface area contributed by atoms with Crippen LogP contribution in [0.2, 0.25) is 0 Å². The van der Waals surface area contributed by atoms with E-state index >= 15 is 0 Å². The van der Waals surface area contributed by atoms with E-state index in [0.717, 1.165) is 17.8 Å². The molecule has 1 N–H and O–H groups in total. The fourth-order valence-electron chi connectivity index (χ4n) is 2.51. The van der Waals surface area contributed by atoms with Gasteiger partial charge in [0.1, 0.15) is 11.1 Å². The number of carbonyl (C=O) groups excluding carboxylic acids is 1. The molecule has 5 nitrogen and oxygen atoms in total. The monoisotopic (exact) mass is 317 g/mol. The van der Waals surface area contributed by atoms with Crippen molar-refractivity contribution in [2.75, 3.05) is 11.9 Å². The van der Waals surface area contributed by atoms with E-state index in [9.17, 15) is 4.79 Å². The van der Waals surface area contributed by atoms with Crippen LogP contribution in [0.25, 0.3) is 0 Å². The van der Waals surface area contributed by atoms with Crippen molar-refractivity contribution >= 4 is 22.4 Å². The molecule has 0 radical (unpaired) electrons. The van der Waals surface area contributed by atoms with E-state index in [0.29, 0.717) is 11.7 Å². The zero-order valence-corrected chi connectivity index (χ0v) is 13.5. The number of rotatable bonds is 6. The summed E-state index contributed by atoms with van der Waals surface area (Å²) < 4.78 is 5.28. The third kappa shape index (κ3) is 2.89. The maximum Gasteiger partial charge on any atom is 0.255 e. The molecule has 1 aromatic heterocycles. The molecule has 1 aliphatic rings. The highest BCUT2D eigenvalue weighted by atomic mass is 32.1. The van der Waals surface area contributed by atoms with E-state index in [2.05, 4.69) is 27.6 Å². The van der Waals surface area contributed by atoms with Crippen LogP contribution in [0.1, 0.15) is 37.3 Å². The second kappa shape index (κ2) is 6.14. The summed E-state index contributed by atoms with van der Waals surface area (Å²) in [6.45, 7) is 4.10. The van der Waals surface area contributed by atoms with Gasteiger partial charge in [-0.2, -0.15) is 0 Å². The fraction of sp³-hybridized carbons (Fsp3) is 0.438. The standard InChI is InChI=1S/C16H19N3O2S/c1-3-21-11(2)13(20)17-15-19-18-14(22-15)16(9-10-16)12-7-5-4-6-8-12/h4-8,11H,3,9-10H2,1-2H3,(H,17,19,20)/t11-/m1/s1. The quantitative estimate of drug-likeness (QED) is 0.889. The topological polar surface area (TPSA) is 64.1 Å². The summed E-state index contributed by atoms with van der Waals surface area (Å²) in [5.74, 6) is -0.186. The first kappa shape index (κ1) is 15.1. The zero-order chi connectivity index (χ0) is 15.6. The van der Waals surface area contributed by atoms with Crippen LogP contribution in [-0.4, -0.2) is 28.8 Å². The molecule has 3 rings (SSSR count). The van der Waals surface area contributed by atoms with Crippen molar-refractivity contribution in [1.29, 1.82) is 0 Å². The van der Waals surface area contributed by atoms with E-state index < -0.39 is 6.10 Å². The lowest BCUT2D eigenvalue weighted by Gasteiger charge is -2.11. The van der Waals surface area contributed by atoms with Crippen molar-refractivity contribution in [2.45, 2.75) is 38.2 Å². The Hall–Kier alpha value is -1.79. The average molecular weight is 317 g/mol. The number of anilines is 1. The molecule has 0 aliphatic heterocycles. The minimum absolute atomic E-state index is 0.00651. The van der Waals surface area contributed by atoms with Crippen molar-refractivity contribution in [1.82, 2.24) is 10.2 Å². The van der Waals surface area contributed by atoms with Gasteiger partial charge in [-0.3, -0.25) is 10.1 Å². The van der Waals surface area contributed by atoms with Crippen molar-refractivity contribution in [3.8, 4) is 0 Å². The van der Waals surface area contributed by atoms with Crippen LogP contribution in [-0.2, 0) is 14.9 Å². The summed E-state index contributed by atoms with van der Waals surface area (Å²) >= 11 is 1.45. The summed E-state index contributed by atoms with van der Waals surface area (Å²) in [6.07, 6.45) is 1.67. The highest BCUT2D eigenvalue weighted by Gasteiger charge is 2.48. The minimum Gasteiger partial charge on any atom is -0.369 e. The minimum atomic E-state index is -0.485. The molecule has 2 aromatic rings. The number of carbonyl (C=O) groups is 1. The van der Waals surface area contributed by atoms with Gasteiger partial charge < -0.3 is 4.74 Å². The van der Waals surface area contributed by atoms with Gasteiger partial charge in [-0.25, -0.2) is 0 Å². The molecule has 0 bridgehead atoms. The Morgan fingerprint density at radius 2 is 2.09 bits per heavy atom. The van der Waals surface area contributed by atoms with E-state index in [4.69, 9.17) is 4.74 Å². The average Bonchev–Trinajstić information content (AvgIpc) is 3.22. The third-order valence-electron chi connectivity index (χ3n) is 3.93. The first-order chi connectivity index (χ1) is 10.7. The Bertz CT molecular complexity index is 652. The number of benzene rings is 1. The molecular weight excluding hydrogens is 298 g/mol. The van der Waals surface area contributed by atoms with Crippen LogP contribution in [0.5, 0.6) is 0 Å². The largest absolute Gasteiger partial charge is 0.369 e. The Labute approximate surface area is 133 Å². The van der Waals surface area contributed by atoms with Crippen LogP contribution in [0.3, 0.4) is 0 Å². The third-order valence-corrected chi connectivity index (χ3v) is 4.97. The van der Waals surface area contributed by atoms with Gasteiger partial charge in [0, 0.05) is 12.0 Å². The summed E-state index contributed by atoms with van der Waals surface area (Å²) in [6, 6.07) is 10.4. The van der Waals surface area contributed by atoms with Gasteiger partial charge in [0.2, 0.25) is 5.13 Å². The Kier molecular flexibility index (Phi) is 4.22.